The van der Waals surface area contributed by atoms with Gasteiger partial charge in [-0.3, -0.25) is 9.59 Å². The zero-order chi connectivity index (χ0) is 20.3. The fourth-order valence-corrected chi connectivity index (χ4v) is 3.41. The Morgan fingerprint density at radius 2 is 1.68 bits per heavy atom. The second-order valence-corrected chi connectivity index (χ2v) is 7.56. The van der Waals surface area contributed by atoms with E-state index < -0.39 is 5.91 Å². The first-order valence-corrected chi connectivity index (χ1v) is 9.69. The van der Waals surface area contributed by atoms with Gasteiger partial charge in [-0.2, -0.15) is 0 Å². The van der Waals surface area contributed by atoms with E-state index in [1.165, 1.54) is 13.2 Å². The van der Waals surface area contributed by atoms with Crippen LogP contribution in [-0.2, 0) is 0 Å². The highest BCUT2D eigenvalue weighted by atomic mass is 79.9. The molecule has 142 valence electrons. The van der Waals surface area contributed by atoms with Crippen LogP contribution in [0.15, 0.2) is 65.1 Å². The number of hydrogen-bond acceptors (Lipinski definition) is 3. The number of ketones is 1. The van der Waals surface area contributed by atoms with Crippen LogP contribution in [0.2, 0.25) is 10.0 Å². The van der Waals surface area contributed by atoms with E-state index >= 15 is 0 Å². The molecule has 0 aliphatic heterocycles. The van der Waals surface area contributed by atoms with E-state index in [4.69, 9.17) is 27.9 Å². The Morgan fingerprint density at radius 1 is 0.929 bits per heavy atom. The lowest BCUT2D eigenvalue weighted by Gasteiger charge is -2.13. The van der Waals surface area contributed by atoms with Crippen LogP contribution in [0.1, 0.15) is 26.3 Å². The van der Waals surface area contributed by atoms with Crippen molar-refractivity contribution in [2.75, 3.05) is 12.4 Å². The van der Waals surface area contributed by atoms with Crippen molar-refractivity contribution >= 4 is 56.5 Å². The summed E-state index contributed by atoms with van der Waals surface area (Å²) in [4.78, 5) is 25.8. The van der Waals surface area contributed by atoms with Crippen LogP contribution in [0, 0.1) is 0 Å². The number of ether oxygens (including phenoxy) is 1. The Bertz CT molecular complexity index is 1070. The molecule has 0 saturated carbocycles. The maximum atomic E-state index is 13.0. The molecule has 7 heteroatoms. The first-order chi connectivity index (χ1) is 13.4. The summed E-state index contributed by atoms with van der Waals surface area (Å²) in [6.07, 6.45) is 0. The summed E-state index contributed by atoms with van der Waals surface area (Å²) in [5, 5.41) is 3.50. The fraction of sp³-hybridized carbons (Fsp3) is 0.0476. The largest absolute Gasteiger partial charge is 0.496 e. The van der Waals surface area contributed by atoms with Gasteiger partial charge in [0, 0.05) is 20.6 Å². The van der Waals surface area contributed by atoms with Gasteiger partial charge in [0.1, 0.15) is 5.75 Å². The second kappa shape index (κ2) is 8.78. The molecule has 3 rings (SSSR count). The molecule has 0 heterocycles. The minimum atomic E-state index is -0.449. The van der Waals surface area contributed by atoms with Crippen LogP contribution in [0.4, 0.5) is 5.69 Å². The molecule has 3 aromatic rings. The van der Waals surface area contributed by atoms with E-state index in [9.17, 15) is 9.59 Å². The summed E-state index contributed by atoms with van der Waals surface area (Å²) < 4.78 is 5.93. The van der Waals surface area contributed by atoms with E-state index in [1.54, 1.807) is 54.6 Å². The minimum Gasteiger partial charge on any atom is -0.496 e. The summed E-state index contributed by atoms with van der Waals surface area (Å²) in [6, 6.07) is 16.5. The third kappa shape index (κ3) is 4.38. The van der Waals surface area contributed by atoms with Crippen molar-refractivity contribution in [2.24, 2.45) is 0 Å². The average molecular weight is 479 g/mol. The summed E-state index contributed by atoms with van der Waals surface area (Å²) in [7, 11) is 1.46. The van der Waals surface area contributed by atoms with E-state index in [-0.39, 0.29) is 11.3 Å². The molecule has 28 heavy (non-hydrogen) atoms. The van der Waals surface area contributed by atoms with Gasteiger partial charge in [0.15, 0.2) is 5.78 Å². The Kier molecular flexibility index (Phi) is 6.39. The molecule has 1 amide bonds. The predicted octanol–water partition coefficient (Wildman–Crippen LogP) is 6.25. The van der Waals surface area contributed by atoms with Crippen LogP contribution in [0.25, 0.3) is 0 Å². The smallest absolute Gasteiger partial charge is 0.259 e. The Morgan fingerprint density at radius 3 is 2.39 bits per heavy atom. The van der Waals surface area contributed by atoms with Crippen molar-refractivity contribution in [1.29, 1.82) is 0 Å². The van der Waals surface area contributed by atoms with Gasteiger partial charge in [-0.15, -0.1) is 0 Å². The molecule has 0 radical (unpaired) electrons. The molecule has 0 unspecified atom stereocenters. The molecule has 0 aliphatic carbocycles. The number of rotatable bonds is 5. The molecule has 0 saturated heterocycles. The molecule has 0 fully saturated rings. The number of carbonyl (C=O) groups excluding carboxylic acids is 2. The van der Waals surface area contributed by atoms with Gasteiger partial charge in [0.25, 0.3) is 5.91 Å². The zero-order valence-electron chi connectivity index (χ0n) is 14.6. The van der Waals surface area contributed by atoms with Crippen LogP contribution in [0.5, 0.6) is 5.75 Å². The van der Waals surface area contributed by atoms with Gasteiger partial charge >= 0.3 is 0 Å². The van der Waals surface area contributed by atoms with Crippen molar-refractivity contribution in [2.45, 2.75) is 0 Å². The Labute approximate surface area is 180 Å². The predicted molar refractivity (Wildman–Crippen MR) is 115 cm³/mol. The SMILES string of the molecule is COc1ccc(Cl)cc1C(=O)Nc1ccc(Br)cc1C(=O)c1ccccc1Cl. The lowest BCUT2D eigenvalue weighted by atomic mass is 10.0. The number of nitrogens with one attached hydrogen (secondary N) is 1. The maximum Gasteiger partial charge on any atom is 0.259 e. The van der Waals surface area contributed by atoms with Gasteiger partial charge < -0.3 is 10.1 Å². The topological polar surface area (TPSA) is 55.4 Å². The number of hydrogen-bond donors (Lipinski definition) is 1. The molecular formula is C21H14BrCl2NO3. The standard InChI is InChI=1S/C21H14BrCl2NO3/c1-28-19-9-7-13(23)11-16(19)21(27)25-18-8-6-12(22)10-15(18)20(26)14-4-2-3-5-17(14)24/h2-11H,1H3,(H,25,27). The fourth-order valence-electron chi connectivity index (χ4n) is 2.65. The lowest BCUT2D eigenvalue weighted by Crippen LogP contribution is -2.16. The van der Waals surface area contributed by atoms with Crippen molar-refractivity contribution < 1.29 is 14.3 Å². The summed E-state index contributed by atoms with van der Waals surface area (Å²) in [6.45, 7) is 0. The highest BCUT2D eigenvalue weighted by Gasteiger charge is 2.20. The monoisotopic (exact) mass is 477 g/mol. The van der Waals surface area contributed by atoms with Gasteiger partial charge in [-0.05, 0) is 48.5 Å². The van der Waals surface area contributed by atoms with Gasteiger partial charge in [0.05, 0.1) is 23.4 Å². The summed E-state index contributed by atoms with van der Waals surface area (Å²) in [5.74, 6) is -0.381. The molecule has 0 aromatic heterocycles. The maximum absolute atomic E-state index is 13.0. The van der Waals surface area contributed by atoms with E-state index in [2.05, 4.69) is 21.2 Å². The Hall–Kier alpha value is -2.34. The van der Waals surface area contributed by atoms with Crippen LogP contribution < -0.4 is 10.1 Å². The number of halogens is 3. The van der Waals surface area contributed by atoms with Crippen LogP contribution in [-0.4, -0.2) is 18.8 Å². The van der Waals surface area contributed by atoms with Crippen molar-refractivity contribution in [3.05, 3.63) is 91.9 Å². The molecule has 4 nitrogen and oxygen atoms in total. The summed E-state index contributed by atoms with van der Waals surface area (Å²) >= 11 is 15.5. The van der Waals surface area contributed by atoms with Gasteiger partial charge in [0.2, 0.25) is 0 Å². The van der Waals surface area contributed by atoms with E-state index in [1.807, 2.05) is 0 Å². The van der Waals surface area contributed by atoms with Gasteiger partial charge in [-0.1, -0.05) is 51.3 Å². The Balaban J connectivity index is 2.00. The van der Waals surface area contributed by atoms with E-state index in [0.717, 1.165) is 0 Å². The molecule has 0 aliphatic rings. The molecule has 0 bridgehead atoms. The lowest BCUT2D eigenvalue weighted by molar-refractivity contribution is 0.102. The summed E-state index contributed by atoms with van der Waals surface area (Å²) in [5.41, 5.74) is 1.25. The molecule has 0 spiro atoms. The molecule has 3 aromatic carbocycles. The zero-order valence-corrected chi connectivity index (χ0v) is 17.7. The minimum absolute atomic E-state index is 0.258. The molecule has 1 N–H and O–H groups in total. The third-order valence-electron chi connectivity index (χ3n) is 4.00. The number of amides is 1. The van der Waals surface area contributed by atoms with Crippen molar-refractivity contribution in [1.82, 2.24) is 0 Å². The van der Waals surface area contributed by atoms with Crippen LogP contribution >= 0.6 is 39.1 Å². The number of methoxy groups -OCH3 is 1. The van der Waals surface area contributed by atoms with Crippen LogP contribution in [0.3, 0.4) is 0 Å². The van der Waals surface area contributed by atoms with Gasteiger partial charge in [-0.25, -0.2) is 0 Å². The number of carbonyl (C=O) groups is 2. The second-order valence-electron chi connectivity index (χ2n) is 5.80. The normalized spacial score (nSPS) is 10.4. The highest BCUT2D eigenvalue weighted by Crippen LogP contribution is 2.29. The van der Waals surface area contributed by atoms with E-state index in [0.29, 0.717) is 37.1 Å². The average Bonchev–Trinajstić information content (AvgIpc) is 2.69. The molecule has 0 atom stereocenters. The third-order valence-corrected chi connectivity index (χ3v) is 5.06. The van der Waals surface area contributed by atoms with Crippen molar-refractivity contribution in [3.8, 4) is 5.75 Å². The number of benzene rings is 3. The number of anilines is 1. The highest BCUT2D eigenvalue weighted by molar-refractivity contribution is 9.10. The first-order valence-electron chi connectivity index (χ1n) is 8.14. The van der Waals surface area contributed by atoms with Crippen molar-refractivity contribution in [3.63, 3.8) is 0 Å². The quantitative estimate of drug-likeness (QED) is 0.441. The molecular weight excluding hydrogens is 465 g/mol. The first kappa shape index (κ1) is 20.4.